The van der Waals surface area contributed by atoms with E-state index in [1.165, 1.54) is 5.56 Å². The van der Waals surface area contributed by atoms with Gasteiger partial charge in [-0.25, -0.2) is 0 Å². The molecule has 1 aliphatic heterocycles. The van der Waals surface area contributed by atoms with Crippen LogP contribution in [0.2, 0.25) is 5.02 Å². The summed E-state index contributed by atoms with van der Waals surface area (Å²) >= 11 is 7.57. The fourth-order valence-corrected chi connectivity index (χ4v) is 6.15. The highest BCUT2D eigenvalue weighted by Crippen LogP contribution is 2.29. The molecule has 0 bridgehead atoms. The minimum atomic E-state index is -0.0829. The molecule has 10 heteroatoms. The average Bonchev–Trinajstić information content (AvgIpc) is 3.45. The van der Waals surface area contributed by atoms with E-state index in [2.05, 4.69) is 46.0 Å². The van der Waals surface area contributed by atoms with Gasteiger partial charge in [0, 0.05) is 54.1 Å². The number of thioether (sulfide) groups is 1. The van der Waals surface area contributed by atoms with Gasteiger partial charge in [0.1, 0.15) is 5.75 Å². The second-order valence-electron chi connectivity index (χ2n) is 10.7. The Labute approximate surface area is 262 Å². The number of piperazine rings is 1. The lowest BCUT2D eigenvalue weighted by atomic mass is 10.1. The molecule has 1 fully saturated rings. The Bertz CT molecular complexity index is 1510. The minimum absolute atomic E-state index is 0.0396. The molecular formula is C33H36ClN5O3S. The van der Waals surface area contributed by atoms with Crippen molar-refractivity contribution in [3.8, 4) is 22.8 Å². The molecule has 1 saturated heterocycles. The Balaban J connectivity index is 1.08. The SMILES string of the molecule is Cc1ccc(-n2c(SCCCCC(=O)N3CCN(C(=O)COc4ccc(Cl)cc4)C(C)C3)nnc2-c2ccccc2)cc1. The number of carbonyl (C=O) groups is 2. The number of nitrogens with zero attached hydrogens (tertiary/aromatic N) is 5. The van der Waals surface area contributed by atoms with Crippen molar-refractivity contribution in [1.29, 1.82) is 0 Å². The van der Waals surface area contributed by atoms with Gasteiger partial charge in [0.15, 0.2) is 17.6 Å². The number of rotatable bonds is 11. The third-order valence-electron chi connectivity index (χ3n) is 7.45. The standard InChI is InChI=1S/C33H36ClN5O3S/c1-24-11-15-28(16-12-24)39-32(26-8-4-3-5-9-26)35-36-33(39)43-21-7-6-10-30(40)37-19-20-38(25(2)22-37)31(41)23-42-29-17-13-27(34)14-18-29/h3-5,8-9,11-18,25H,6-7,10,19-23H2,1-2H3. The summed E-state index contributed by atoms with van der Waals surface area (Å²) in [6, 6.07) is 25.3. The summed E-state index contributed by atoms with van der Waals surface area (Å²) in [5.74, 6) is 2.30. The zero-order chi connectivity index (χ0) is 30.2. The van der Waals surface area contributed by atoms with Gasteiger partial charge in [-0.15, -0.1) is 10.2 Å². The number of hydrogen-bond acceptors (Lipinski definition) is 6. The van der Waals surface area contributed by atoms with Crippen molar-refractivity contribution in [1.82, 2.24) is 24.6 Å². The molecule has 0 saturated carbocycles. The van der Waals surface area contributed by atoms with Crippen molar-refractivity contribution in [2.24, 2.45) is 0 Å². The second kappa shape index (κ2) is 14.6. The van der Waals surface area contributed by atoms with E-state index in [9.17, 15) is 9.59 Å². The van der Waals surface area contributed by atoms with Crippen LogP contribution in [0.1, 0.15) is 31.7 Å². The number of hydrogen-bond donors (Lipinski definition) is 0. The summed E-state index contributed by atoms with van der Waals surface area (Å²) in [4.78, 5) is 29.4. The highest BCUT2D eigenvalue weighted by molar-refractivity contribution is 7.99. The van der Waals surface area contributed by atoms with Gasteiger partial charge in [0.25, 0.3) is 5.91 Å². The van der Waals surface area contributed by atoms with E-state index in [0.29, 0.717) is 36.8 Å². The van der Waals surface area contributed by atoms with Crippen LogP contribution in [0.25, 0.3) is 17.1 Å². The van der Waals surface area contributed by atoms with Crippen LogP contribution < -0.4 is 4.74 Å². The summed E-state index contributed by atoms with van der Waals surface area (Å²) < 4.78 is 7.73. The van der Waals surface area contributed by atoms with Crippen molar-refractivity contribution in [2.75, 3.05) is 32.0 Å². The number of aromatic nitrogens is 3. The number of ether oxygens (including phenoxy) is 1. The maximum atomic E-state index is 13.0. The Hall–Kier alpha value is -3.82. The predicted octanol–water partition coefficient (Wildman–Crippen LogP) is 6.30. The second-order valence-corrected chi connectivity index (χ2v) is 12.2. The zero-order valence-electron chi connectivity index (χ0n) is 24.5. The van der Waals surface area contributed by atoms with Crippen molar-refractivity contribution in [2.45, 2.75) is 44.3 Å². The lowest BCUT2D eigenvalue weighted by Crippen LogP contribution is -2.56. The molecule has 0 N–H and O–H groups in total. The van der Waals surface area contributed by atoms with Crippen molar-refractivity contribution >= 4 is 35.2 Å². The molecule has 0 radical (unpaired) electrons. The monoisotopic (exact) mass is 617 g/mol. The minimum Gasteiger partial charge on any atom is -0.484 e. The van der Waals surface area contributed by atoms with Crippen molar-refractivity contribution < 1.29 is 14.3 Å². The smallest absolute Gasteiger partial charge is 0.260 e. The van der Waals surface area contributed by atoms with Gasteiger partial charge in [-0.1, -0.05) is 71.4 Å². The number of benzene rings is 3. The van der Waals surface area contributed by atoms with Gasteiger partial charge in [0.05, 0.1) is 0 Å². The first kappa shape index (κ1) is 30.6. The number of amides is 2. The maximum Gasteiger partial charge on any atom is 0.260 e. The molecule has 5 rings (SSSR count). The van der Waals surface area contributed by atoms with E-state index in [-0.39, 0.29) is 24.5 Å². The molecule has 4 aromatic rings. The molecule has 8 nitrogen and oxygen atoms in total. The summed E-state index contributed by atoms with van der Waals surface area (Å²) in [5.41, 5.74) is 3.23. The Morgan fingerprint density at radius 2 is 1.67 bits per heavy atom. The van der Waals surface area contributed by atoms with Gasteiger partial charge in [-0.2, -0.15) is 0 Å². The lowest BCUT2D eigenvalue weighted by Gasteiger charge is -2.40. The first-order valence-corrected chi connectivity index (χ1v) is 15.9. The van der Waals surface area contributed by atoms with Crippen LogP contribution in [-0.2, 0) is 9.59 Å². The molecule has 1 aromatic heterocycles. The molecule has 3 aromatic carbocycles. The lowest BCUT2D eigenvalue weighted by molar-refractivity contribution is -0.143. The topological polar surface area (TPSA) is 80.6 Å². The zero-order valence-corrected chi connectivity index (χ0v) is 26.1. The summed E-state index contributed by atoms with van der Waals surface area (Å²) in [7, 11) is 0. The summed E-state index contributed by atoms with van der Waals surface area (Å²) in [5, 5.41) is 10.5. The molecule has 43 heavy (non-hydrogen) atoms. The van der Waals surface area contributed by atoms with E-state index < -0.39 is 0 Å². The molecule has 1 unspecified atom stereocenters. The third kappa shape index (κ3) is 7.97. The van der Waals surface area contributed by atoms with E-state index >= 15 is 0 Å². The molecule has 0 spiro atoms. The van der Waals surface area contributed by atoms with Crippen LogP contribution in [0.4, 0.5) is 0 Å². The summed E-state index contributed by atoms with van der Waals surface area (Å²) in [6.07, 6.45) is 2.16. The van der Waals surface area contributed by atoms with Gasteiger partial charge in [-0.05, 0) is 63.1 Å². The van der Waals surface area contributed by atoms with E-state index in [0.717, 1.165) is 40.8 Å². The Morgan fingerprint density at radius 3 is 2.40 bits per heavy atom. The fourth-order valence-electron chi connectivity index (χ4n) is 5.08. The quantitative estimate of drug-likeness (QED) is 0.145. The molecule has 1 atom stereocenters. The van der Waals surface area contributed by atoms with Crippen molar-refractivity contribution in [3.63, 3.8) is 0 Å². The van der Waals surface area contributed by atoms with Crippen LogP contribution in [0.3, 0.4) is 0 Å². The molecule has 0 aliphatic carbocycles. The fraction of sp³-hybridized carbons (Fsp3) is 0.333. The number of unbranched alkanes of at least 4 members (excludes halogenated alkanes) is 1. The van der Waals surface area contributed by atoms with Crippen LogP contribution in [0.5, 0.6) is 5.75 Å². The molecule has 224 valence electrons. The first-order chi connectivity index (χ1) is 20.9. The van der Waals surface area contributed by atoms with Crippen LogP contribution in [0.15, 0.2) is 84.0 Å². The first-order valence-electron chi connectivity index (χ1n) is 14.6. The Kier molecular flexibility index (Phi) is 10.4. The van der Waals surface area contributed by atoms with E-state index in [4.69, 9.17) is 16.3 Å². The molecular weight excluding hydrogens is 582 g/mol. The number of halogens is 1. The molecule has 2 amide bonds. The van der Waals surface area contributed by atoms with Crippen LogP contribution in [-0.4, -0.2) is 74.4 Å². The van der Waals surface area contributed by atoms with Crippen molar-refractivity contribution in [3.05, 3.63) is 89.4 Å². The normalized spacial score (nSPS) is 15.0. The highest BCUT2D eigenvalue weighted by Gasteiger charge is 2.29. The summed E-state index contributed by atoms with van der Waals surface area (Å²) in [6.45, 7) is 5.58. The third-order valence-corrected chi connectivity index (χ3v) is 8.72. The largest absolute Gasteiger partial charge is 0.484 e. The maximum absolute atomic E-state index is 13.0. The van der Waals surface area contributed by atoms with Gasteiger partial charge < -0.3 is 14.5 Å². The van der Waals surface area contributed by atoms with Gasteiger partial charge in [0.2, 0.25) is 5.91 Å². The average molecular weight is 618 g/mol. The molecule has 2 heterocycles. The van der Waals surface area contributed by atoms with Gasteiger partial charge in [-0.3, -0.25) is 14.2 Å². The highest BCUT2D eigenvalue weighted by atomic mass is 35.5. The van der Waals surface area contributed by atoms with Crippen LogP contribution in [0, 0.1) is 6.92 Å². The Morgan fingerprint density at radius 1 is 0.930 bits per heavy atom. The van der Waals surface area contributed by atoms with E-state index in [1.807, 2.05) is 42.2 Å². The van der Waals surface area contributed by atoms with Gasteiger partial charge >= 0.3 is 0 Å². The van der Waals surface area contributed by atoms with Crippen LogP contribution >= 0.6 is 23.4 Å². The molecule has 1 aliphatic rings. The van der Waals surface area contributed by atoms with E-state index in [1.54, 1.807) is 40.9 Å². The number of carbonyl (C=O) groups excluding carboxylic acids is 2. The number of aryl methyl sites for hydroxylation is 1. The predicted molar refractivity (Wildman–Crippen MR) is 171 cm³/mol.